The molecule has 0 spiro atoms. The molecule has 0 radical (unpaired) electrons. The van der Waals surface area contributed by atoms with Gasteiger partial charge in [-0.1, -0.05) is 6.92 Å². The van der Waals surface area contributed by atoms with Crippen LogP contribution in [0.4, 0.5) is 0 Å². The molecule has 0 bridgehead atoms. The molecule has 0 aliphatic carbocycles. The second kappa shape index (κ2) is 8.70. The molecule has 6 nitrogen and oxygen atoms in total. The molecule has 0 aromatic carbocycles. The van der Waals surface area contributed by atoms with Gasteiger partial charge >= 0.3 is 0 Å². The maximum atomic E-state index is 12.7. The van der Waals surface area contributed by atoms with Crippen molar-refractivity contribution in [1.29, 1.82) is 0 Å². The lowest BCUT2D eigenvalue weighted by Gasteiger charge is -2.40. The van der Waals surface area contributed by atoms with E-state index in [2.05, 4.69) is 5.32 Å². The highest BCUT2D eigenvalue weighted by Gasteiger charge is 2.40. The zero-order valence-electron chi connectivity index (χ0n) is 13.3. The number of rotatable bonds is 4. The lowest BCUT2D eigenvalue weighted by Crippen LogP contribution is -2.61. The van der Waals surface area contributed by atoms with Crippen molar-refractivity contribution in [2.24, 2.45) is 5.73 Å². The standard InChI is InChI=1S/C15H27N3O3.ClH/c1-2-4-13(19)17-12-5-3-8-18(11-12)14(20)15(16)6-9-21-10-7-15;/h12H,2-11,16H2,1H3,(H,17,19);1H. The summed E-state index contributed by atoms with van der Waals surface area (Å²) in [7, 11) is 0. The Kier molecular flexibility index (Phi) is 7.59. The second-order valence-corrected chi connectivity index (χ2v) is 6.18. The Bertz CT molecular complexity index is 386. The summed E-state index contributed by atoms with van der Waals surface area (Å²) in [4.78, 5) is 26.2. The first-order valence-electron chi connectivity index (χ1n) is 8.00. The highest BCUT2D eigenvalue weighted by atomic mass is 35.5. The molecule has 1 atom stereocenters. The third-order valence-electron chi connectivity index (χ3n) is 4.36. The normalized spacial score (nSPS) is 24.3. The number of hydrogen-bond donors (Lipinski definition) is 2. The average molecular weight is 334 g/mol. The molecule has 0 aromatic heterocycles. The van der Waals surface area contributed by atoms with Crippen molar-refractivity contribution >= 4 is 24.2 Å². The molecular weight excluding hydrogens is 306 g/mol. The van der Waals surface area contributed by atoms with Gasteiger partial charge in [0.05, 0.1) is 5.54 Å². The van der Waals surface area contributed by atoms with Crippen LogP contribution in [-0.2, 0) is 14.3 Å². The van der Waals surface area contributed by atoms with Gasteiger partial charge in [-0.3, -0.25) is 9.59 Å². The number of nitrogens with two attached hydrogens (primary N) is 1. The molecule has 2 aliphatic heterocycles. The van der Waals surface area contributed by atoms with Gasteiger partial charge in [-0.05, 0) is 32.1 Å². The first kappa shape index (κ1) is 19.2. The monoisotopic (exact) mass is 333 g/mol. The van der Waals surface area contributed by atoms with E-state index in [9.17, 15) is 9.59 Å². The lowest BCUT2D eigenvalue weighted by molar-refractivity contribution is -0.142. The first-order valence-corrected chi connectivity index (χ1v) is 8.00. The predicted molar refractivity (Wildman–Crippen MR) is 86.9 cm³/mol. The van der Waals surface area contributed by atoms with Crippen LogP contribution in [0, 0.1) is 0 Å². The number of amides is 2. The minimum absolute atomic E-state index is 0. The van der Waals surface area contributed by atoms with Gasteiger partial charge in [-0.2, -0.15) is 0 Å². The van der Waals surface area contributed by atoms with Gasteiger partial charge < -0.3 is 20.7 Å². The van der Waals surface area contributed by atoms with E-state index in [4.69, 9.17) is 10.5 Å². The summed E-state index contributed by atoms with van der Waals surface area (Å²) in [6.45, 7) is 4.39. The molecule has 2 rings (SSSR count). The van der Waals surface area contributed by atoms with Crippen molar-refractivity contribution in [3.8, 4) is 0 Å². The summed E-state index contributed by atoms with van der Waals surface area (Å²) in [5, 5.41) is 3.02. The van der Waals surface area contributed by atoms with E-state index in [1.54, 1.807) is 0 Å². The van der Waals surface area contributed by atoms with Gasteiger partial charge in [0, 0.05) is 38.8 Å². The SMILES string of the molecule is CCCC(=O)NC1CCCN(C(=O)C2(N)CCOCC2)C1.Cl. The molecule has 3 N–H and O–H groups in total. The molecule has 2 amide bonds. The van der Waals surface area contributed by atoms with Crippen molar-refractivity contribution in [2.75, 3.05) is 26.3 Å². The van der Waals surface area contributed by atoms with E-state index in [1.165, 1.54) is 0 Å². The van der Waals surface area contributed by atoms with E-state index < -0.39 is 5.54 Å². The minimum Gasteiger partial charge on any atom is -0.381 e. The molecule has 128 valence electrons. The van der Waals surface area contributed by atoms with Gasteiger partial charge in [-0.25, -0.2) is 0 Å². The molecule has 2 aliphatic rings. The molecule has 2 fully saturated rings. The predicted octanol–water partition coefficient (Wildman–Crippen LogP) is 0.823. The van der Waals surface area contributed by atoms with Gasteiger partial charge in [0.2, 0.25) is 11.8 Å². The molecule has 0 aromatic rings. The molecule has 22 heavy (non-hydrogen) atoms. The molecule has 0 saturated carbocycles. The molecule has 2 saturated heterocycles. The lowest BCUT2D eigenvalue weighted by atomic mass is 9.88. The Balaban J connectivity index is 0.00000242. The number of hydrogen-bond acceptors (Lipinski definition) is 4. The van der Waals surface area contributed by atoms with E-state index in [0.717, 1.165) is 25.8 Å². The number of carbonyl (C=O) groups excluding carboxylic acids is 2. The highest BCUT2D eigenvalue weighted by molar-refractivity contribution is 5.86. The number of piperidine rings is 1. The van der Waals surface area contributed by atoms with Gasteiger partial charge in [0.25, 0.3) is 0 Å². The van der Waals surface area contributed by atoms with Crippen LogP contribution in [0.25, 0.3) is 0 Å². The topological polar surface area (TPSA) is 84.7 Å². The fourth-order valence-electron chi connectivity index (χ4n) is 3.07. The number of nitrogens with zero attached hydrogens (tertiary/aromatic N) is 1. The van der Waals surface area contributed by atoms with Crippen LogP contribution in [-0.4, -0.2) is 54.6 Å². The first-order chi connectivity index (χ1) is 10.0. The fourth-order valence-corrected chi connectivity index (χ4v) is 3.07. The smallest absolute Gasteiger partial charge is 0.242 e. The Morgan fingerprint density at radius 3 is 2.68 bits per heavy atom. The Labute approximate surface area is 138 Å². The van der Waals surface area contributed by atoms with Crippen LogP contribution in [0.3, 0.4) is 0 Å². The zero-order valence-corrected chi connectivity index (χ0v) is 14.1. The molecule has 1 unspecified atom stereocenters. The quantitative estimate of drug-likeness (QED) is 0.798. The van der Waals surface area contributed by atoms with E-state index in [0.29, 0.717) is 39.0 Å². The third-order valence-corrected chi connectivity index (χ3v) is 4.36. The van der Waals surface area contributed by atoms with Gasteiger partial charge in [0.1, 0.15) is 0 Å². The fraction of sp³-hybridized carbons (Fsp3) is 0.867. The van der Waals surface area contributed by atoms with Crippen molar-refractivity contribution in [1.82, 2.24) is 10.2 Å². The van der Waals surface area contributed by atoms with Crippen LogP contribution < -0.4 is 11.1 Å². The van der Waals surface area contributed by atoms with E-state index >= 15 is 0 Å². The van der Waals surface area contributed by atoms with Gasteiger partial charge in [-0.15, -0.1) is 12.4 Å². The Morgan fingerprint density at radius 1 is 1.36 bits per heavy atom. The van der Waals surface area contributed by atoms with Crippen molar-refractivity contribution < 1.29 is 14.3 Å². The van der Waals surface area contributed by atoms with Crippen LogP contribution in [0.15, 0.2) is 0 Å². The number of halogens is 1. The molecule has 2 heterocycles. The zero-order chi connectivity index (χ0) is 15.3. The number of nitrogens with one attached hydrogen (secondary N) is 1. The summed E-state index contributed by atoms with van der Waals surface area (Å²) in [6, 6.07) is 0.0604. The average Bonchev–Trinajstić information content (AvgIpc) is 2.47. The number of carbonyl (C=O) groups is 2. The van der Waals surface area contributed by atoms with Crippen LogP contribution in [0.5, 0.6) is 0 Å². The summed E-state index contributed by atoms with van der Waals surface area (Å²) < 4.78 is 5.30. The van der Waals surface area contributed by atoms with Crippen LogP contribution >= 0.6 is 12.4 Å². The summed E-state index contributed by atoms with van der Waals surface area (Å²) in [5.74, 6) is 0.0885. The summed E-state index contributed by atoms with van der Waals surface area (Å²) in [5.41, 5.74) is 5.49. The summed E-state index contributed by atoms with van der Waals surface area (Å²) in [6.07, 6.45) is 4.38. The van der Waals surface area contributed by atoms with Gasteiger partial charge in [0.15, 0.2) is 0 Å². The maximum absolute atomic E-state index is 12.7. The minimum atomic E-state index is -0.784. The second-order valence-electron chi connectivity index (χ2n) is 6.18. The number of likely N-dealkylation sites (tertiary alicyclic amines) is 1. The van der Waals surface area contributed by atoms with Crippen molar-refractivity contribution in [3.05, 3.63) is 0 Å². The van der Waals surface area contributed by atoms with Crippen molar-refractivity contribution in [2.45, 2.75) is 57.0 Å². The van der Waals surface area contributed by atoms with E-state index in [-0.39, 0.29) is 30.3 Å². The van der Waals surface area contributed by atoms with Crippen molar-refractivity contribution in [3.63, 3.8) is 0 Å². The van der Waals surface area contributed by atoms with E-state index in [1.807, 2.05) is 11.8 Å². The highest BCUT2D eigenvalue weighted by Crippen LogP contribution is 2.22. The summed E-state index contributed by atoms with van der Waals surface area (Å²) >= 11 is 0. The Hall–Kier alpha value is -0.850. The Morgan fingerprint density at radius 2 is 2.05 bits per heavy atom. The maximum Gasteiger partial charge on any atom is 0.242 e. The molecular formula is C15H28ClN3O3. The van der Waals surface area contributed by atoms with Crippen LogP contribution in [0.2, 0.25) is 0 Å². The third kappa shape index (κ3) is 4.83. The largest absolute Gasteiger partial charge is 0.381 e. The number of ether oxygens (including phenoxy) is 1. The molecule has 7 heteroatoms. The van der Waals surface area contributed by atoms with Crippen LogP contribution in [0.1, 0.15) is 45.4 Å².